The third-order valence-electron chi connectivity index (χ3n) is 3.76. The van der Waals surface area contributed by atoms with Gasteiger partial charge in [-0.15, -0.1) is 0 Å². The zero-order chi connectivity index (χ0) is 13.0. The van der Waals surface area contributed by atoms with E-state index < -0.39 is 0 Å². The Morgan fingerprint density at radius 2 is 2.00 bits per heavy atom. The van der Waals surface area contributed by atoms with Crippen LogP contribution in [0.5, 0.6) is 0 Å². The van der Waals surface area contributed by atoms with Crippen molar-refractivity contribution in [1.29, 1.82) is 0 Å². The van der Waals surface area contributed by atoms with E-state index in [1.807, 2.05) is 0 Å². The number of nitrogens with one attached hydrogen (secondary N) is 1. The van der Waals surface area contributed by atoms with E-state index in [1.165, 1.54) is 18.5 Å². The second-order valence-corrected chi connectivity index (χ2v) is 6.00. The fourth-order valence-corrected chi connectivity index (χ4v) is 2.76. The molecule has 0 radical (unpaired) electrons. The highest BCUT2D eigenvalue weighted by molar-refractivity contribution is 5.14. The summed E-state index contributed by atoms with van der Waals surface area (Å²) in [6, 6.07) is 12.1. The average molecular weight is 246 g/mol. The second-order valence-electron chi connectivity index (χ2n) is 6.00. The molecule has 1 aromatic carbocycles. The van der Waals surface area contributed by atoms with Crippen LogP contribution in [-0.4, -0.2) is 30.1 Å². The molecule has 0 saturated carbocycles. The fraction of sp³-hybridized carbons (Fsp3) is 0.625. The minimum atomic E-state index is 0.633. The first kappa shape index (κ1) is 13.6. The SMILES string of the molecule is CC(C)C[C@@H]1CN(Cc2ccccc2)[C@@H](C)CN1. The highest BCUT2D eigenvalue weighted by Gasteiger charge is 2.25. The van der Waals surface area contributed by atoms with E-state index in [9.17, 15) is 0 Å². The van der Waals surface area contributed by atoms with Crippen LogP contribution in [-0.2, 0) is 6.54 Å². The number of hydrogen-bond acceptors (Lipinski definition) is 2. The van der Waals surface area contributed by atoms with Gasteiger partial charge in [0.05, 0.1) is 0 Å². The molecule has 0 aromatic heterocycles. The van der Waals surface area contributed by atoms with Crippen LogP contribution in [0.4, 0.5) is 0 Å². The van der Waals surface area contributed by atoms with E-state index >= 15 is 0 Å². The van der Waals surface area contributed by atoms with E-state index in [-0.39, 0.29) is 0 Å². The van der Waals surface area contributed by atoms with Crippen molar-refractivity contribution >= 4 is 0 Å². The van der Waals surface area contributed by atoms with Crippen LogP contribution < -0.4 is 5.32 Å². The summed E-state index contributed by atoms with van der Waals surface area (Å²) in [6.07, 6.45) is 1.28. The van der Waals surface area contributed by atoms with Crippen LogP contribution in [0.3, 0.4) is 0 Å². The first-order chi connectivity index (χ1) is 8.65. The monoisotopic (exact) mass is 246 g/mol. The maximum atomic E-state index is 3.67. The predicted octanol–water partition coefficient (Wildman–Crippen LogP) is 2.90. The minimum absolute atomic E-state index is 0.633. The zero-order valence-electron chi connectivity index (χ0n) is 11.9. The van der Waals surface area contributed by atoms with Gasteiger partial charge < -0.3 is 5.32 Å². The number of nitrogens with zero attached hydrogens (tertiary/aromatic N) is 1. The fourth-order valence-electron chi connectivity index (χ4n) is 2.76. The summed E-state index contributed by atoms with van der Waals surface area (Å²) in [6.45, 7) is 10.3. The summed E-state index contributed by atoms with van der Waals surface area (Å²) < 4.78 is 0. The third kappa shape index (κ3) is 3.82. The van der Waals surface area contributed by atoms with Gasteiger partial charge in [0.1, 0.15) is 0 Å². The zero-order valence-corrected chi connectivity index (χ0v) is 11.9. The van der Waals surface area contributed by atoms with Gasteiger partial charge >= 0.3 is 0 Å². The molecular formula is C16H26N2. The van der Waals surface area contributed by atoms with Gasteiger partial charge in [0.2, 0.25) is 0 Å². The highest BCUT2D eigenvalue weighted by atomic mass is 15.2. The maximum absolute atomic E-state index is 3.67. The molecule has 1 saturated heterocycles. The lowest BCUT2D eigenvalue weighted by molar-refractivity contribution is 0.125. The van der Waals surface area contributed by atoms with E-state index in [4.69, 9.17) is 0 Å². The van der Waals surface area contributed by atoms with E-state index in [0.29, 0.717) is 12.1 Å². The first-order valence-electron chi connectivity index (χ1n) is 7.16. The molecule has 2 nitrogen and oxygen atoms in total. The molecule has 0 bridgehead atoms. The van der Waals surface area contributed by atoms with Crippen molar-refractivity contribution in [2.75, 3.05) is 13.1 Å². The topological polar surface area (TPSA) is 15.3 Å². The van der Waals surface area contributed by atoms with Crippen molar-refractivity contribution in [1.82, 2.24) is 10.2 Å². The smallest absolute Gasteiger partial charge is 0.0237 e. The molecule has 1 aliphatic heterocycles. The lowest BCUT2D eigenvalue weighted by Gasteiger charge is -2.39. The summed E-state index contributed by atoms with van der Waals surface area (Å²) >= 11 is 0. The van der Waals surface area contributed by atoms with Crippen LogP contribution in [0, 0.1) is 5.92 Å². The van der Waals surface area contributed by atoms with Crippen molar-refractivity contribution in [3.05, 3.63) is 35.9 Å². The Balaban J connectivity index is 1.93. The normalized spacial score (nSPS) is 25.6. The number of benzene rings is 1. The Labute approximate surface area is 111 Å². The Kier molecular flexibility index (Phi) is 4.79. The molecule has 18 heavy (non-hydrogen) atoms. The van der Waals surface area contributed by atoms with Crippen molar-refractivity contribution in [3.63, 3.8) is 0 Å². The number of rotatable bonds is 4. The molecule has 2 heteroatoms. The van der Waals surface area contributed by atoms with Crippen molar-refractivity contribution in [2.24, 2.45) is 5.92 Å². The van der Waals surface area contributed by atoms with E-state index in [1.54, 1.807) is 0 Å². The van der Waals surface area contributed by atoms with Crippen LogP contribution in [0.15, 0.2) is 30.3 Å². The molecule has 1 heterocycles. The largest absolute Gasteiger partial charge is 0.311 e. The molecule has 1 aromatic rings. The van der Waals surface area contributed by atoms with Crippen molar-refractivity contribution < 1.29 is 0 Å². The van der Waals surface area contributed by atoms with Crippen molar-refractivity contribution in [2.45, 2.75) is 45.8 Å². The third-order valence-corrected chi connectivity index (χ3v) is 3.76. The molecule has 1 N–H and O–H groups in total. The molecule has 0 unspecified atom stereocenters. The number of hydrogen-bond donors (Lipinski definition) is 1. The Hall–Kier alpha value is -0.860. The second kappa shape index (κ2) is 6.35. The predicted molar refractivity (Wildman–Crippen MR) is 77.6 cm³/mol. The summed E-state index contributed by atoms with van der Waals surface area (Å²) in [5.74, 6) is 0.773. The average Bonchev–Trinajstić information content (AvgIpc) is 2.34. The first-order valence-corrected chi connectivity index (χ1v) is 7.16. The standard InChI is InChI=1S/C16H26N2/c1-13(2)9-16-12-18(14(3)10-17-16)11-15-7-5-4-6-8-15/h4-8,13-14,16-17H,9-12H2,1-3H3/t14-,16+/m0/s1. The Morgan fingerprint density at radius 3 is 2.67 bits per heavy atom. The quantitative estimate of drug-likeness (QED) is 0.879. The van der Waals surface area contributed by atoms with Gasteiger partial charge in [-0.2, -0.15) is 0 Å². The van der Waals surface area contributed by atoms with E-state index in [0.717, 1.165) is 19.0 Å². The molecule has 1 fully saturated rings. The molecule has 1 aliphatic rings. The maximum Gasteiger partial charge on any atom is 0.0237 e. The lowest BCUT2D eigenvalue weighted by atomic mass is 9.99. The van der Waals surface area contributed by atoms with Gasteiger partial charge in [0.25, 0.3) is 0 Å². The van der Waals surface area contributed by atoms with Crippen LogP contribution in [0.2, 0.25) is 0 Å². The van der Waals surface area contributed by atoms with Gasteiger partial charge in [-0.1, -0.05) is 44.2 Å². The van der Waals surface area contributed by atoms with Crippen LogP contribution in [0.1, 0.15) is 32.8 Å². The highest BCUT2D eigenvalue weighted by Crippen LogP contribution is 2.16. The molecule has 100 valence electrons. The van der Waals surface area contributed by atoms with E-state index in [2.05, 4.69) is 61.3 Å². The molecular weight excluding hydrogens is 220 g/mol. The Bertz CT molecular complexity index is 347. The van der Waals surface area contributed by atoms with Crippen LogP contribution >= 0.6 is 0 Å². The minimum Gasteiger partial charge on any atom is -0.311 e. The Morgan fingerprint density at radius 1 is 1.28 bits per heavy atom. The molecule has 0 spiro atoms. The summed E-state index contributed by atoms with van der Waals surface area (Å²) in [5.41, 5.74) is 1.43. The van der Waals surface area contributed by atoms with Gasteiger partial charge in [-0.05, 0) is 24.8 Å². The van der Waals surface area contributed by atoms with Gasteiger partial charge in [-0.3, -0.25) is 4.90 Å². The van der Waals surface area contributed by atoms with Gasteiger partial charge in [0, 0.05) is 31.7 Å². The number of piperazine rings is 1. The molecule has 2 atom stereocenters. The summed E-state index contributed by atoms with van der Waals surface area (Å²) in [5, 5.41) is 3.67. The molecule has 0 aliphatic carbocycles. The molecule has 0 amide bonds. The lowest BCUT2D eigenvalue weighted by Crippen LogP contribution is -2.55. The van der Waals surface area contributed by atoms with Crippen LogP contribution in [0.25, 0.3) is 0 Å². The summed E-state index contributed by atoms with van der Waals surface area (Å²) in [7, 11) is 0. The summed E-state index contributed by atoms with van der Waals surface area (Å²) in [4.78, 5) is 2.61. The van der Waals surface area contributed by atoms with Gasteiger partial charge in [-0.25, -0.2) is 0 Å². The van der Waals surface area contributed by atoms with Gasteiger partial charge in [0.15, 0.2) is 0 Å². The molecule has 2 rings (SSSR count). The van der Waals surface area contributed by atoms with Crippen molar-refractivity contribution in [3.8, 4) is 0 Å².